The van der Waals surface area contributed by atoms with Gasteiger partial charge in [-0.25, -0.2) is 4.98 Å². The molecule has 2 rings (SSSR count). The second kappa shape index (κ2) is 7.27. The average Bonchev–Trinajstić information content (AvgIpc) is 3.00. The first-order valence-corrected chi connectivity index (χ1v) is 7.65. The van der Waals surface area contributed by atoms with E-state index in [9.17, 15) is 0 Å². The molecular formula is C17H25N3O. The van der Waals surface area contributed by atoms with Crippen LogP contribution in [0.3, 0.4) is 0 Å². The average molecular weight is 287 g/mol. The highest BCUT2D eigenvalue weighted by Gasteiger charge is 2.18. The van der Waals surface area contributed by atoms with E-state index in [1.54, 1.807) is 7.11 Å². The summed E-state index contributed by atoms with van der Waals surface area (Å²) in [6, 6.07) is 6.40. The van der Waals surface area contributed by atoms with Gasteiger partial charge in [-0.15, -0.1) is 0 Å². The SMILES string of the molecule is CCCNC(C)c1c(OC)cccc1-n1ccnc1CC. The zero-order valence-corrected chi connectivity index (χ0v) is 13.4. The maximum atomic E-state index is 5.58. The number of benzene rings is 1. The van der Waals surface area contributed by atoms with Crippen LogP contribution < -0.4 is 10.1 Å². The van der Waals surface area contributed by atoms with Crippen molar-refractivity contribution in [3.63, 3.8) is 0 Å². The molecule has 0 saturated heterocycles. The number of nitrogens with one attached hydrogen (secondary N) is 1. The maximum absolute atomic E-state index is 5.58. The summed E-state index contributed by atoms with van der Waals surface area (Å²) < 4.78 is 7.74. The van der Waals surface area contributed by atoms with Crippen LogP contribution in [-0.4, -0.2) is 23.2 Å². The molecule has 1 aromatic heterocycles. The Kier molecular flexibility index (Phi) is 5.39. The van der Waals surface area contributed by atoms with Crippen molar-refractivity contribution in [2.45, 2.75) is 39.7 Å². The van der Waals surface area contributed by atoms with Gasteiger partial charge in [-0.05, 0) is 32.0 Å². The minimum atomic E-state index is 0.225. The van der Waals surface area contributed by atoms with Crippen molar-refractivity contribution >= 4 is 0 Å². The third-order valence-corrected chi connectivity index (χ3v) is 3.69. The summed E-state index contributed by atoms with van der Waals surface area (Å²) in [6.07, 6.45) is 5.89. The fraction of sp³-hybridized carbons (Fsp3) is 0.471. The van der Waals surface area contributed by atoms with Gasteiger partial charge in [0.15, 0.2) is 0 Å². The predicted molar refractivity (Wildman–Crippen MR) is 86.2 cm³/mol. The van der Waals surface area contributed by atoms with E-state index >= 15 is 0 Å². The lowest BCUT2D eigenvalue weighted by Gasteiger charge is -2.22. The summed E-state index contributed by atoms with van der Waals surface area (Å²) in [7, 11) is 1.73. The molecule has 0 saturated carbocycles. The van der Waals surface area contributed by atoms with E-state index < -0.39 is 0 Å². The Morgan fingerprint density at radius 3 is 2.81 bits per heavy atom. The van der Waals surface area contributed by atoms with Gasteiger partial charge in [0.25, 0.3) is 0 Å². The van der Waals surface area contributed by atoms with Crippen molar-refractivity contribution in [1.82, 2.24) is 14.9 Å². The number of nitrogens with zero attached hydrogens (tertiary/aromatic N) is 2. The van der Waals surface area contributed by atoms with Crippen LogP contribution in [0.4, 0.5) is 0 Å². The molecule has 1 heterocycles. The Morgan fingerprint density at radius 1 is 1.33 bits per heavy atom. The summed E-state index contributed by atoms with van der Waals surface area (Å²) in [5.74, 6) is 1.98. The highest BCUT2D eigenvalue weighted by Crippen LogP contribution is 2.31. The number of ether oxygens (including phenoxy) is 1. The monoisotopic (exact) mass is 287 g/mol. The van der Waals surface area contributed by atoms with Crippen LogP contribution in [0.15, 0.2) is 30.6 Å². The summed E-state index contributed by atoms with van der Waals surface area (Å²) in [5, 5.41) is 3.55. The lowest BCUT2D eigenvalue weighted by Crippen LogP contribution is -2.21. The summed E-state index contributed by atoms with van der Waals surface area (Å²) >= 11 is 0. The van der Waals surface area contributed by atoms with Crippen LogP contribution >= 0.6 is 0 Å². The van der Waals surface area contributed by atoms with Gasteiger partial charge in [0.2, 0.25) is 0 Å². The second-order valence-electron chi connectivity index (χ2n) is 5.14. The van der Waals surface area contributed by atoms with E-state index in [0.717, 1.165) is 36.6 Å². The molecule has 0 radical (unpaired) electrons. The maximum Gasteiger partial charge on any atom is 0.125 e. The first-order chi connectivity index (χ1) is 10.2. The fourth-order valence-electron chi connectivity index (χ4n) is 2.63. The van der Waals surface area contributed by atoms with Gasteiger partial charge < -0.3 is 14.6 Å². The largest absolute Gasteiger partial charge is 0.496 e. The van der Waals surface area contributed by atoms with Gasteiger partial charge in [0.05, 0.1) is 12.8 Å². The molecule has 0 spiro atoms. The smallest absolute Gasteiger partial charge is 0.125 e. The normalized spacial score (nSPS) is 12.4. The van der Waals surface area contributed by atoms with Crippen molar-refractivity contribution in [2.75, 3.05) is 13.7 Å². The van der Waals surface area contributed by atoms with E-state index in [4.69, 9.17) is 4.74 Å². The minimum absolute atomic E-state index is 0.225. The van der Waals surface area contributed by atoms with Crippen LogP contribution in [-0.2, 0) is 6.42 Å². The molecule has 0 aliphatic rings. The predicted octanol–water partition coefficient (Wildman–Crippen LogP) is 3.50. The Hall–Kier alpha value is -1.81. The molecule has 4 nitrogen and oxygen atoms in total. The van der Waals surface area contributed by atoms with Crippen molar-refractivity contribution in [1.29, 1.82) is 0 Å². The van der Waals surface area contributed by atoms with Crippen molar-refractivity contribution in [3.05, 3.63) is 42.0 Å². The number of hydrogen-bond donors (Lipinski definition) is 1. The molecule has 1 atom stereocenters. The number of hydrogen-bond acceptors (Lipinski definition) is 3. The van der Waals surface area contributed by atoms with E-state index in [0.29, 0.717) is 0 Å². The van der Waals surface area contributed by atoms with Crippen LogP contribution in [0.25, 0.3) is 5.69 Å². The van der Waals surface area contributed by atoms with Crippen LogP contribution in [0.1, 0.15) is 44.6 Å². The number of methoxy groups -OCH3 is 1. The highest BCUT2D eigenvalue weighted by atomic mass is 16.5. The first-order valence-electron chi connectivity index (χ1n) is 7.65. The molecule has 4 heteroatoms. The van der Waals surface area contributed by atoms with E-state index in [1.807, 2.05) is 24.5 Å². The van der Waals surface area contributed by atoms with Gasteiger partial charge in [-0.3, -0.25) is 0 Å². The molecule has 1 unspecified atom stereocenters. The molecule has 0 amide bonds. The molecule has 114 valence electrons. The second-order valence-corrected chi connectivity index (χ2v) is 5.14. The summed E-state index contributed by atoms with van der Waals surface area (Å²) in [6.45, 7) is 7.47. The molecule has 1 N–H and O–H groups in total. The molecule has 1 aromatic carbocycles. The molecule has 0 aliphatic carbocycles. The zero-order valence-electron chi connectivity index (χ0n) is 13.4. The van der Waals surface area contributed by atoms with Gasteiger partial charge in [-0.2, -0.15) is 0 Å². The topological polar surface area (TPSA) is 39.1 Å². The first kappa shape index (κ1) is 15.6. The van der Waals surface area contributed by atoms with Gasteiger partial charge in [0, 0.05) is 30.4 Å². The van der Waals surface area contributed by atoms with E-state index in [-0.39, 0.29) is 6.04 Å². The van der Waals surface area contributed by atoms with Crippen LogP contribution in [0, 0.1) is 0 Å². The zero-order chi connectivity index (χ0) is 15.2. The quantitative estimate of drug-likeness (QED) is 0.847. The Balaban J connectivity index is 2.50. The van der Waals surface area contributed by atoms with Gasteiger partial charge >= 0.3 is 0 Å². The minimum Gasteiger partial charge on any atom is -0.496 e. The Bertz CT molecular complexity index is 577. The number of aryl methyl sites for hydroxylation is 1. The Morgan fingerprint density at radius 2 is 2.14 bits per heavy atom. The lowest BCUT2D eigenvalue weighted by molar-refractivity contribution is 0.401. The Labute approximate surface area is 127 Å². The van der Waals surface area contributed by atoms with Crippen molar-refractivity contribution in [3.8, 4) is 11.4 Å². The van der Waals surface area contributed by atoms with Crippen molar-refractivity contribution in [2.24, 2.45) is 0 Å². The molecule has 2 aromatic rings. The molecular weight excluding hydrogens is 262 g/mol. The standard InChI is InChI=1S/C17H25N3O/c1-5-10-18-13(3)17-14(8-7-9-15(17)21-4)20-12-11-19-16(20)6-2/h7-9,11-13,18H,5-6,10H2,1-4H3. The highest BCUT2D eigenvalue weighted by molar-refractivity contribution is 5.52. The molecule has 0 aliphatic heterocycles. The van der Waals surface area contributed by atoms with E-state index in [1.165, 1.54) is 5.56 Å². The van der Waals surface area contributed by atoms with Gasteiger partial charge in [0.1, 0.15) is 11.6 Å². The molecule has 21 heavy (non-hydrogen) atoms. The van der Waals surface area contributed by atoms with E-state index in [2.05, 4.69) is 41.7 Å². The van der Waals surface area contributed by atoms with Crippen LogP contribution in [0.2, 0.25) is 0 Å². The molecule has 0 bridgehead atoms. The summed E-state index contributed by atoms with van der Waals surface area (Å²) in [4.78, 5) is 4.43. The molecule has 0 fully saturated rings. The number of rotatable bonds is 7. The van der Waals surface area contributed by atoms with Gasteiger partial charge in [-0.1, -0.05) is 19.9 Å². The third kappa shape index (κ3) is 3.27. The number of aromatic nitrogens is 2. The fourth-order valence-corrected chi connectivity index (χ4v) is 2.63. The van der Waals surface area contributed by atoms with Crippen LogP contribution in [0.5, 0.6) is 5.75 Å². The van der Waals surface area contributed by atoms with Crippen molar-refractivity contribution < 1.29 is 4.74 Å². The summed E-state index contributed by atoms with van der Waals surface area (Å²) in [5.41, 5.74) is 2.32. The lowest BCUT2D eigenvalue weighted by atomic mass is 10.0. The third-order valence-electron chi connectivity index (χ3n) is 3.69. The number of imidazole rings is 1.